The van der Waals surface area contributed by atoms with Crippen molar-refractivity contribution in [2.24, 2.45) is 0 Å². The SMILES string of the molecule is Cc1csc2c(N3CCC(NCCC(C)c4ccccc4)CC3)ncnc12. The van der Waals surface area contributed by atoms with Gasteiger partial charge in [0.2, 0.25) is 0 Å². The van der Waals surface area contributed by atoms with Crippen LogP contribution < -0.4 is 10.2 Å². The van der Waals surface area contributed by atoms with E-state index in [0.29, 0.717) is 12.0 Å². The molecule has 1 aromatic carbocycles. The van der Waals surface area contributed by atoms with Crippen LogP contribution in [0.4, 0.5) is 5.82 Å². The highest BCUT2D eigenvalue weighted by Crippen LogP contribution is 2.32. The van der Waals surface area contributed by atoms with Crippen LogP contribution in [-0.2, 0) is 0 Å². The first kappa shape index (κ1) is 18.4. The van der Waals surface area contributed by atoms with E-state index < -0.39 is 0 Å². The monoisotopic (exact) mass is 380 g/mol. The number of nitrogens with one attached hydrogen (secondary N) is 1. The number of hydrogen-bond acceptors (Lipinski definition) is 5. The fourth-order valence-electron chi connectivity index (χ4n) is 3.93. The van der Waals surface area contributed by atoms with Gasteiger partial charge in [0.1, 0.15) is 12.1 Å². The molecular formula is C22H28N4S. The van der Waals surface area contributed by atoms with Gasteiger partial charge in [0, 0.05) is 19.1 Å². The number of nitrogens with zero attached hydrogens (tertiary/aromatic N) is 3. The van der Waals surface area contributed by atoms with Gasteiger partial charge in [-0.2, -0.15) is 0 Å². The summed E-state index contributed by atoms with van der Waals surface area (Å²) in [4.78, 5) is 11.5. The van der Waals surface area contributed by atoms with Gasteiger partial charge in [-0.15, -0.1) is 11.3 Å². The van der Waals surface area contributed by atoms with Crippen LogP contribution in [0.2, 0.25) is 0 Å². The first-order chi connectivity index (χ1) is 13.2. The van der Waals surface area contributed by atoms with Crippen LogP contribution >= 0.6 is 11.3 Å². The van der Waals surface area contributed by atoms with Crippen molar-refractivity contribution in [1.29, 1.82) is 0 Å². The molecule has 5 heteroatoms. The van der Waals surface area contributed by atoms with Crippen molar-refractivity contribution < 1.29 is 0 Å². The van der Waals surface area contributed by atoms with E-state index in [2.05, 4.69) is 69.7 Å². The number of aromatic nitrogens is 2. The predicted octanol–water partition coefficient (Wildman–Crippen LogP) is 4.75. The highest BCUT2D eigenvalue weighted by atomic mass is 32.1. The van der Waals surface area contributed by atoms with Crippen LogP contribution in [0.25, 0.3) is 10.2 Å². The minimum absolute atomic E-state index is 0.607. The summed E-state index contributed by atoms with van der Waals surface area (Å²) < 4.78 is 1.23. The highest BCUT2D eigenvalue weighted by molar-refractivity contribution is 7.18. The lowest BCUT2D eigenvalue weighted by Crippen LogP contribution is -2.43. The van der Waals surface area contributed by atoms with E-state index in [4.69, 9.17) is 0 Å². The molecule has 1 fully saturated rings. The fraction of sp³-hybridized carbons (Fsp3) is 0.455. The summed E-state index contributed by atoms with van der Waals surface area (Å²) in [6, 6.07) is 11.4. The predicted molar refractivity (Wildman–Crippen MR) is 115 cm³/mol. The molecule has 3 heterocycles. The summed E-state index contributed by atoms with van der Waals surface area (Å²) in [5.74, 6) is 1.73. The Morgan fingerprint density at radius 2 is 1.96 bits per heavy atom. The molecule has 0 radical (unpaired) electrons. The third-order valence-electron chi connectivity index (χ3n) is 5.69. The summed E-state index contributed by atoms with van der Waals surface area (Å²) in [5.41, 5.74) is 3.80. The van der Waals surface area contributed by atoms with Crippen molar-refractivity contribution in [2.45, 2.75) is 45.1 Å². The maximum Gasteiger partial charge on any atom is 0.150 e. The van der Waals surface area contributed by atoms with Crippen molar-refractivity contribution in [3.8, 4) is 0 Å². The molecule has 1 saturated heterocycles. The zero-order chi connectivity index (χ0) is 18.6. The van der Waals surface area contributed by atoms with Gasteiger partial charge in [0.15, 0.2) is 0 Å². The van der Waals surface area contributed by atoms with Crippen molar-refractivity contribution in [2.75, 3.05) is 24.5 Å². The Morgan fingerprint density at radius 3 is 2.74 bits per heavy atom. The Morgan fingerprint density at radius 1 is 1.19 bits per heavy atom. The van der Waals surface area contributed by atoms with Crippen LogP contribution in [-0.4, -0.2) is 35.6 Å². The fourth-order valence-corrected chi connectivity index (χ4v) is 4.95. The van der Waals surface area contributed by atoms with Gasteiger partial charge >= 0.3 is 0 Å². The summed E-state index contributed by atoms with van der Waals surface area (Å²) in [5, 5.41) is 5.96. The van der Waals surface area contributed by atoms with Gasteiger partial charge < -0.3 is 10.2 Å². The summed E-state index contributed by atoms with van der Waals surface area (Å²) >= 11 is 1.77. The Labute approximate surface area is 165 Å². The van der Waals surface area contributed by atoms with Gasteiger partial charge in [-0.25, -0.2) is 9.97 Å². The molecule has 1 unspecified atom stereocenters. The molecule has 0 spiro atoms. The second-order valence-electron chi connectivity index (χ2n) is 7.61. The molecule has 4 rings (SSSR count). The first-order valence-corrected chi connectivity index (χ1v) is 10.8. The average molecular weight is 381 g/mol. The van der Waals surface area contributed by atoms with Crippen molar-refractivity contribution >= 4 is 27.4 Å². The Balaban J connectivity index is 1.28. The maximum absolute atomic E-state index is 4.59. The summed E-state index contributed by atoms with van der Waals surface area (Å²) in [6.07, 6.45) is 5.25. The van der Waals surface area contributed by atoms with Crippen molar-refractivity contribution in [3.05, 3.63) is 53.2 Å². The number of rotatable bonds is 6. The summed E-state index contributed by atoms with van der Waals surface area (Å²) in [7, 11) is 0. The van der Waals surface area contributed by atoms with E-state index in [0.717, 1.165) is 31.0 Å². The van der Waals surface area contributed by atoms with Gasteiger partial charge in [-0.1, -0.05) is 37.3 Å². The van der Waals surface area contributed by atoms with E-state index in [1.807, 2.05) is 0 Å². The van der Waals surface area contributed by atoms with Crippen LogP contribution in [0, 0.1) is 6.92 Å². The Bertz CT molecular complexity index is 868. The number of fused-ring (bicyclic) bond motifs is 1. The molecule has 1 aliphatic rings. The molecule has 1 atom stereocenters. The third kappa shape index (κ3) is 4.14. The molecule has 0 bridgehead atoms. The van der Waals surface area contributed by atoms with E-state index in [1.54, 1.807) is 17.7 Å². The standard InChI is InChI=1S/C22H28N4S/c1-16(18-6-4-3-5-7-18)8-11-23-19-9-12-26(13-10-19)22-21-20(24-15-25-22)17(2)14-27-21/h3-7,14-16,19,23H,8-13H2,1-2H3. The zero-order valence-corrected chi connectivity index (χ0v) is 17.0. The van der Waals surface area contributed by atoms with Crippen LogP contribution in [0.15, 0.2) is 42.0 Å². The smallest absolute Gasteiger partial charge is 0.150 e. The number of piperidine rings is 1. The number of anilines is 1. The lowest BCUT2D eigenvalue weighted by Gasteiger charge is -2.33. The normalized spacial score (nSPS) is 16.7. The van der Waals surface area contributed by atoms with Crippen LogP contribution in [0.3, 0.4) is 0 Å². The van der Waals surface area contributed by atoms with Crippen LogP contribution in [0.5, 0.6) is 0 Å². The number of thiophene rings is 1. The second-order valence-corrected chi connectivity index (χ2v) is 8.49. The Kier molecular flexibility index (Phi) is 5.69. The molecular weight excluding hydrogens is 352 g/mol. The lowest BCUT2D eigenvalue weighted by atomic mass is 9.97. The van der Waals surface area contributed by atoms with Crippen molar-refractivity contribution in [1.82, 2.24) is 15.3 Å². The molecule has 1 aliphatic heterocycles. The number of hydrogen-bond donors (Lipinski definition) is 1. The minimum atomic E-state index is 0.607. The largest absolute Gasteiger partial charge is 0.355 e. The molecule has 4 nitrogen and oxygen atoms in total. The van der Waals surface area contributed by atoms with Gasteiger partial charge in [-0.3, -0.25) is 0 Å². The molecule has 0 aliphatic carbocycles. The third-order valence-corrected chi connectivity index (χ3v) is 6.77. The van der Waals surface area contributed by atoms with Crippen LogP contribution in [0.1, 0.15) is 43.2 Å². The average Bonchev–Trinajstić information content (AvgIpc) is 3.10. The molecule has 27 heavy (non-hydrogen) atoms. The van der Waals surface area contributed by atoms with Gasteiger partial charge in [0.25, 0.3) is 0 Å². The van der Waals surface area contributed by atoms with Gasteiger partial charge in [-0.05, 0) is 55.2 Å². The summed E-state index contributed by atoms with van der Waals surface area (Å²) in [6.45, 7) is 7.66. The number of aryl methyl sites for hydroxylation is 1. The van der Waals surface area contributed by atoms with Gasteiger partial charge in [0.05, 0.1) is 10.2 Å². The number of benzene rings is 1. The van der Waals surface area contributed by atoms with E-state index in [-0.39, 0.29) is 0 Å². The molecule has 142 valence electrons. The minimum Gasteiger partial charge on any atom is -0.355 e. The molecule has 0 saturated carbocycles. The van der Waals surface area contributed by atoms with Crippen molar-refractivity contribution in [3.63, 3.8) is 0 Å². The molecule has 2 aromatic heterocycles. The first-order valence-electron chi connectivity index (χ1n) is 9.94. The van der Waals surface area contributed by atoms with E-state index in [1.165, 1.54) is 35.1 Å². The van der Waals surface area contributed by atoms with E-state index >= 15 is 0 Å². The zero-order valence-electron chi connectivity index (χ0n) is 16.2. The lowest BCUT2D eigenvalue weighted by molar-refractivity contribution is 0.406. The molecule has 3 aromatic rings. The maximum atomic E-state index is 4.59. The molecule has 1 N–H and O–H groups in total. The second kappa shape index (κ2) is 8.36. The topological polar surface area (TPSA) is 41.0 Å². The highest BCUT2D eigenvalue weighted by Gasteiger charge is 2.22. The Hall–Kier alpha value is -1.98. The van der Waals surface area contributed by atoms with E-state index in [9.17, 15) is 0 Å². The molecule has 0 amide bonds. The quantitative estimate of drug-likeness (QED) is 0.670.